The Morgan fingerprint density at radius 1 is 1.14 bits per heavy atom. The maximum absolute atomic E-state index is 14.8. The van der Waals surface area contributed by atoms with Gasteiger partial charge in [0.25, 0.3) is 5.89 Å². The molecule has 1 aromatic carbocycles. The zero-order valence-electron chi connectivity index (χ0n) is 19.5. The van der Waals surface area contributed by atoms with Crippen LogP contribution >= 0.6 is 11.8 Å². The summed E-state index contributed by atoms with van der Waals surface area (Å²) >= 11 is 0.682. The zero-order chi connectivity index (χ0) is 26.9. The van der Waals surface area contributed by atoms with Crippen LogP contribution in [0, 0.1) is 11.6 Å². The van der Waals surface area contributed by atoms with E-state index in [4.69, 9.17) is 9.52 Å². The number of pyridine rings is 1. The lowest BCUT2D eigenvalue weighted by Gasteiger charge is -2.24. The van der Waals surface area contributed by atoms with E-state index in [1.54, 1.807) is 39.2 Å². The van der Waals surface area contributed by atoms with Crippen LogP contribution in [0.2, 0.25) is 0 Å². The monoisotopic (exact) mass is 537 g/mol. The van der Waals surface area contributed by atoms with Crippen LogP contribution in [-0.4, -0.2) is 46.7 Å². The van der Waals surface area contributed by atoms with Crippen molar-refractivity contribution in [1.29, 1.82) is 0 Å². The molecular weight excluding hydrogens is 518 g/mol. The second kappa shape index (κ2) is 10.2. The van der Waals surface area contributed by atoms with E-state index in [1.165, 1.54) is 4.57 Å². The normalized spacial score (nSPS) is 11.8. The van der Waals surface area contributed by atoms with Crippen molar-refractivity contribution in [3.05, 3.63) is 53.7 Å². The standard InChI is InChI=1S/C22H19F4N7O3S/c1-22(2,28-21(34)35)8-12-5-4-10(9-27-12)17-29-32-20(33(17)3)37-15-13(23)6-11(7-14(15)24)18-30-31-19(36-18)16(25)26/h4-7,9,16,28H,8H2,1-3H3,(H,34,35). The fourth-order valence-electron chi connectivity index (χ4n) is 3.41. The van der Waals surface area contributed by atoms with Crippen molar-refractivity contribution in [2.45, 2.75) is 42.3 Å². The summed E-state index contributed by atoms with van der Waals surface area (Å²) in [5, 5.41) is 26.2. The molecule has 0 bridgehead atoms. The number of nitrogens with zero attached hydrogens (tertiary/aromatic N) is 6. The van der Waals surface area contributed by atoms with E-state index in [0.29, 0.717) is 35.3 Å². The average Bonchev–Trinajstić information content (AvgIpc) is 3.43. The molecule has 2 N–H and O–H groups in total. The Bertz CT molecular complexity index is 1420. The first-order chi connectivity index (χ1) is 17.4. The van der Waals surface area contributed by atoms with Gasteiger partial charge in [0.15, 0.2) is 11.0 Å². The first kappa shape index (κ1) is 26.1. The Hall–Kier alpha value is -4.01. The van der Waals surface area contributed by atoms with E-state index < -0.39 is 41.5 Å². The van der Waals surface area contributed by atoms with Gasteiger partial charge in [-0.15, -0.1) is 20.4 Å². The summed E-state index contributed by atoms with van der Waals surface area (Å²) < 4.78 is 61.1. The van der Waals surface area contributed by atoms with E-state index in [9.17, 15) is 22.4 Å². The molecule has 0 atom stereocenters. The summed E-state index contributed by atoms with van der Waals surface area (Å²) in [4.78, 5) is 14.9. The van der Waals surface area contributed by atoms with E-state index in [0.717, 1.165) is 12.1 Å². The van der Waals surface area contributed by atoms with Crippen LogP contribution in [0.15, 0.2) is 44.9 Å². The van der Waals surface area contributed by atoms with Gasteiger partial charge < -0.3 is 19.4 Å². The molecule has 15 heteroatoms. The minimum absolute atomic E-state index is 0.175. The molecule has 4 rings (SSSR count). The highest BCUT2D eigenvalue weighted by atomic mass is 32.2. The Labute approximate surface area is 211 Å². The summed E-state index contributed by atoms with van der Waals surface area (Å²) in [5.74, 6) is -2.98. The van der Waals surface area contributed by atoms with Crippen molar-refractivity contribution in [2.24, 2.45) is 7.05 Å². The van der Waals surface area contributed by atoms with Crippen molar-refractivity contribution in [3.8, 4) is 22.8 Å². The lowest BCUT2D eigenvalue weighted by molar-refractivity contribution is 0.116. The van der Waals surface area contributed by atoms with E-state index in [1.807, 2.05) is 0 Å². The highest BCUT2D eigenvalue weighted by Gasteiger charge is 2.23. The fraction of sp³-hybridized carbons (Fsp3) is 0.273. The molecule has 0 aliphatic rings. The van der Waals surface area contributed by atoms with Crippen molar-refractivity contribution < 1.29 is 31.9 Å². The maximum atomic E-state index is 14.8. The first-order valence-corrected chi connectivity index (χ1v) is 11.4. The van der Waals surface area contributed by atoms with Gasteiger partial charge in [0.2, 0.25) is 5.89 Å². The first-order valence-electron chi connectivity index (χ1n) is 10.6. The molecule has 0 radical (unpaired) electrons. The second-order valence-electron chi connectivity index (χ2n) is 8.51. The lowest BCUT2D eigenvalue weighted by Crippen LogP contribution is -2.44. The van der Waals surface area contributed by atoms with Crippen molar-refractivity contribution >= 4 is 17.9 Å². The molecule has 0 saturated carbocycles. The highest BCUT2D eigenvalue weighted by molar-refractivity contribution is 7.99. The number of rotatable bonds is 8. The predicted octanol–water partition coefficient (Wildman–Crippen LogP) is 4.88. The number of hydrogen-bond acceptors (Lipinski definition) is 8. The Kier molecular flexibility index (Phi) is 7.16. The topological polar surface area (TPSA) is 132 Å². The molecule has 1 amide bonds. The van der Waals surface area contributed by atoms with E-state index >= 15 is 0 Å². The van der Waals surface area contributed by atoms with Crippen molar-refractivity contribution in [3.63, 3.8) is 0 Å². The summed E-state index contributed by atoms with van der Waals surface area (Å²) in [6.07, 6.45) is -2.26. The number of carboxylic acid groups (broad SMARTS) is 1. The van der Waals surface area contributed by atoms with Gasteiger partial charge in [0, 0.05) is 42.0 Å². The smallest absolute Gasteiger partial charge is 0.405 e. The van der Waals surface area contributed by atoms with Crippen LogP contribution in [0.1, 0.15) is 31.9 Å². The van der Waals surface area contributed by atoms with Crippen LogP contribution in [0.3, 0.4) is 0 Å². The number of carbonyl (C=O) groups is 1. The molecule has 0 saturated heterocycles. The van der Waals surface area contributed by atoms with Gasteiger partial charge in [-0.1, -0.05) is 0 Å². The van der Waals surface area contributed by atoms with Crippen LogP contribution < -0.4 is 5.32 Å². The number of alkyl halides is 2. The number of amides is 1. The van der Waals surface area contributed by atoms with Crippen molar-refractivity contribution in [2.75, 3.05) is 0 Å². The minimum Gasteiger partial charge on any atom is -0.465 e. The molecule has 0 unspecified atom stereocenters. The van der Waals surface area contributed by atoms with Crippen LogP contribution in [0.25, 0.3) is 22.8 Å². The molecular formula is C22H19F4N7O3S. The van der Waals surface area contributed by atoms with Crippen LogP contribution in [-0.2, 0) is 13.5 Å². The van der Waals surface area contributed by atoms with Gasteiger partial charge in [-0.3, -0.25) is 4.98 Å². The third-order valence-corrected chi connectivity index (χ3v) is 6.18. The summed E-state index contributed by atoms with van der Waals surface area (Å²) in [5.41, 5.74) is 0.306. The largest absolute Gasteiger partial charge is 0.465 e. The zero-order valence-corrected chi connectivity index (χ0v) is 20.4. The number of aromatic nitrogens is 6. The molecule has 3 heterocycles. The average molecular weight is 537 g/mol. The Morgan fingerprint density at radius 3 is 2.41 bits per heavy atom. The van der Waals surface area contributed by atoms with Crippen LogP contribution in [0.5, 0.6) is 0 Å². The van der Waals surface area contributed by atoms with Gasteiger partial charge in [0.1, 0.15) is 11.6 Å². The molecule has 194 valence electrons. The molecule has 0 fully saturated rings. The number of hydrogen-bond donors (Lipinski definition) is 2. The lowest BCUT2D eigenvalue weighted by atomic mass is 9.98. The molecule has 37 heavy (non-hydrogen) atoms. The molecule has 3 aromatic heterocycles. The summed E-state index contributed by atoms with van der Waals surface area (Å²) in [6, 6.07) is 5.24. The highest BCUT2D eigenvalue weighted by Crippen LogP contribution is 2.35. The Balaban J connectivity index is 1.53. The van der Waals surface area contributed by atoms with Crippen LogP contribution in [0.4, 0.5) is 22.4 Å². The Morgan fingerprint density at radius 2 is 1.84 bits per heavy atom. The summed E-state index contributed by atoms with van der Waals surface area (Å²) in [7, 11) is 1.61. The molecule has 0 spiro atoms. The fourth-order valence-corrected chi connectivity index (χ4v) is 4.22. The third-order valence-electron chi connectivity index (χ3n) is 5.05. The van der Waals surface area contributed by atoms with Gasteiger partial charge in [-0.2, -0.15) is 8.78 Å². The van der Waals surface area contributed by atoms with Crippen molar-refractivity contribution in [1.82, 2.24) is 35.3 Å². The molecule has 4 aromatic rings. The van der Waals surface area contributed by atoms with E-state index in [2.05, 4.69) is 30.7 Å². The number of nitrogens with one attached hydrogen (secondary N) is 1. The molecule has 0 aliphatic carbocycles. The predicted molar refractivity (Wildman–Crippen MR) is 122 cm³/mol. The molecule has 10 nitrogen and oxygen atoms in total. The van der Waals surface area contributed by atoms with E-state index in [-0.39, 0.29) is 15.6 Å². The quantitative estimate of drug-likeness (QED) is 0.302. The maximum Gasteiger partial charge on any atom is 0.405 e. The third kappa shape index (κ3) is 5.87. The van der Waals surface area contributed by atoms with Gasteiger partial charge >= 0.3 is 12.5 Å². The SMILES string of the molecule is Cn1c(Sc2c(F)cc(-c3nnc(C(F)F)o3)cc2F)nnc1-c1ccc(CC(C)(C)NC(=O)O)nc1. The molecule has 0 aliphatic heterocycles. The van der Waals surface area contributed by atoms with Gasteiger partial charge in [-0.05, 0) is 49.9 Å². The minimum atomic E-state index is -3.01. The second-order valence-corrected chi connectivity index (χ2v) is 9.49. The summed E-state index contributed by atoms with van der Waals surface area (Å²) in [6.45, 7) is 3.47. The number of benzene rings is 1. The van der Waals surface area contributed by atoms with Gasteiger partial charge in [0.05, 0.1) is 4.90 Å². The number of halogens is 4. The van der Waals surface area contributed by atoms with Gasteiger partial charge in [-0.25, -0.2) is 13.6 Å².